The molecule has 5 heteroatoms. The molecule has 2 rings (SSSR count). The van der Waals surface area contributed by atoms with Crippen molar-refractivity contribution in [2.75, 3.05) is 5.73 Å². The van der Waals surface area contributed by atoms with Gasteiger partial charge in [-0.3, -0.25) is 0 Å². The van der Waals surface area contributed by atoms with E-state index >= 15 is 0 Å². The number of rotatable bonds is 1. The van der Waals surface area contributed by atoms with E-state index in [2.05, 4.69) is 10.1 Å². The first kappa shape index (κ1) is 8.07. The van der Waals surface area contributed by atoms with E-state index in [4.69, 9.17) is 17.3 Å². The summed E-state index contributed by atoms with van der Waals surface area (Å²) in [4.78, 5) is 4.07. The molecule has 0 aliphatic heterocycles. The normalized spacial score (nSPS) is 10.2. The molecule has 0 unspecified atom stereocenters. The Morgan fingerprint density at radius 2 is 2.15 bits per heavy atom. The first-order chi connectivity index (χ1) is 6.27. The summed E-state index contributed by atoms with van der Waals surface area (Å²) < 4.78 is 1.54. The maximum absolute atomic E-state index is 5.69. The molecule has 0 spiro atoms. The van der Waals surface area contributed by atoms with Crippen LogP contribution in [0.5, 0.6) is 0 Å². The summed E-state index contributed by atoms with van der Waals surface area (Å²) in [6.45, 7) is 0. The van der Waals surface area contributed by atoms with E-state index in [-0.39, 0.29) is 0 Å². The van der Waals surface area contributed by atoms with Gasteiger partial charge in [-0.15, -0.1) is 0 Å². The molecule has 0 bridgehead atoms. The topological polar surface area (TPSA) is 56.7 Å². The zero-order chi connectivity index (χ0) is 9.26. The quantitative estimate of drug-likeness (QED) is 0.749. The van der Waals surface area contributed by atoms with Crippen molar-refractivity contribution in [3.8, 4) is 5.82 Å². The van der Waals surface area contributed by atoms with Crippen molar-refractivity contribution in [1.29, 1.82) is 0 Å². The van der Waals surface area contributed by atoms with Gasteiger partial charge in [-0.2, -0.15) is 9.78 Å². The fourth-order valence-corrected chi connectivity index (χ4v) is 1.11. The van der Waals surface area contributed by atoms with E-state index in [9.17, 15) is 0 Å². The minimum atomic E-state index is 0.551. The Labute approximate surface area is 80.0 Å². The van der Waals surface area contributed by atoms with Crippen molar-refractivity contribution in [3.63, 3.8) is 0 Å². The van der Waals surface area contributed by atoms with Crippen LogP contribution in [0.2, 0.25) is 5.02 Å². The third kappa shape index (κ3) is 1.48. The van der Waals surface area contributed by atoms with Crippen LogP contribution in [0.3, 0.4) is 0 Å². The Morgan fingerprint density at radius 3 is 2.69 bits per heavy atom. The van der Waals surface area contributed by atoms with Crippen LogP contribution in [0.1, 0.15) is 0 Å². The van der Waals surface area contributed by atoms with Crippen LogP contribution in [0.15, 0.2) is 30.6 Å². The van der Waals surface area contributed by atoms with Gasteiger partial charge in [-0.05, 0) is 12.1 Å². The lowest BCUT2D eigenvalue weighted by Gasteiger charge is -2.01. The number of pyridine rings is 1. The summed E-state index contributed by atoms with van der Waals surface area (Å²) in [5, 5.41) is 4.59. The summed E-state index contributed by atoms with van der Waals surface area (Å²) in [6, 6.07) is 5.20. The van der Waals surface area contributed by atoms with Crippen LogP contribution in [0, 0.1) is 0 Å². The molecule has 0 aromatic carbocycles. The van der Waals surface area contributed by atoms with Gasteiger partial charge in [0.2, 0.25) is 0 Å². The van der Waals surface area contributed by atoms with E-state index < -0.39 is 0 Å². The van der Waals surface area contributed by atoms with Crippen LogP contribution in [-0.4, -0.2) is 14.8 Å². The molecule has 66 valence electrons. The molecule has 0 saturated heterocycles. The Morgan fingerprint density at radius 1 is 1.31 bits per heavy atom. The first-order valence-corrected chi connectivity index (χ1v) is 4.06. The van der Waals surface area contributed by atoms with Crippen molar-refractivity contribution in [2.45, 2.75) is 0 Å². The fraction of sp³-hybridized carbons (Fsp3) is 0. The molecule has 0 aliphatic carbocycles. The van der Waals surface area contributed by atoms with E-state index in [0.29, 0.717) is 16.7 Å². The standard InChI is InChI=1S/C8H7ClN4/c9-6-1-2-8(11-5-6)13-7(10)3-4-12-13/h1-5H,10H2. The SMILES string of the molecule is Nc1ccnn1-c1ccc(Cl)cn1. The van der Waals surface area contributed by atoms with Crippen molar-refractivity contribution in [2.24, 2.45) is 0 Å². The molecule has 0 atom stereocenters. The second-order valence-electron chi connectivity index (χ2n) is 2.50. The summed E-state index contributed by atoms with van der Waals surface area (Å²) in [5.41, 5.74) is 5.64. The molecule has 0 saturated carbocycles. The number of hydrogen-bond donors (Lipinski definition) is 1. The molecule has 2 N–H and O–H groups in total. The summed E-state index contributed by atoms with van der Waals surface area (Å²) >= 11 is 5.69. The van der Waals surface area contributed by atoms with Crippen LogP contribution >= 0.6 is 11.6 Å². The Kier molecular flexibility index (Phi) is 1.90. The molecular weight excluding hydrogens is 188 g/mol. The minimum Gasteiger partial charge on any atom is -0.384 e. The Balaban J connectivity index is 2.47. The van der Waals surface area contributed by atoms with Gasteiger partial charge in [0.1, 0.15) is 5.82 Å². The second kappa shape index (κ2) is 3.06. The average molecular weight is 195 g/mol. The first-order valence-electron chi connectivity index (χ1n) is 3.69. The molecular formula is C8H7ClN4. The maximum atomic E-state index is 5.69. The number of nitrogens with zero attached hydrogens (tertiary/aromatic N) is 3. The predicted molar refractivity (Wildman–Crippen MR) is 50.8 cm³/mol. The molecule has 0 aliphatic rings. The van der Waals surface area contributed by atoms with Gasteiger partial charge in [-0.1, -0.05) is 11.6 Å². The highest BCUT2D eigenvalue weighted by molar-refractivity contribution is 6.30. The lowest BCUT2D eigenvalue weighted by Crippen LogP contribution is -2.02. The molecule has 2 aromatic rings. The van der Waals surface area contributed by atoms with E-state index in [1.165, 1.54) is 4.68 Å². The van der Waals surface area contributed by atoms with Gasteiger partial charge < -0.3 is 5.73 Å². The second-order valence-corrected chi connectivity index (χ2v) is 2.94. The minimum absolute atomic E-state index is 0.551. The van der Waals surface area contributed by atoms with Crippen LogP contribution in [0.4, 0.5) is 5.82 Å². The van der Waals surface area contributed by atoms with Crippen molar-refractivity contribution in [1.82, 2.24) is 14.8 Å². The molecule has 4 nitrogen and oxygen atoms in total. The zero-order valence-corrected chi connectivity index (χ0v) is 7.44. The van der Waals surface area contributed by atoms with Gasteiger partial charge in [-0.25, -0.2) is 4.98 Å². The lowest BCUT2D eigenvalue weighted by molar-refractivity contribution is 0.857. The molecule has 13 heavy (non-hydrogen) atoms. The average Bonchev–Trinajstić information content (AvgIpc) is 2.53. The molecule has 0 amide bonds. The largest absolute Gasteiger partial charge is 0.384 e. The highest BCUT2D eigenvalue weighted by Crippen LogP contribution is 2.11. The van der Waals surface area contributed by atoms with E-state index in [1.807, 2.05) is 0 Å². The molecule has 0 radical (unpaired) electrons. The maximum Gasteiger partial charge on any atom is 0.155 e. The summed E-state index contributed by atoms with van der Waals surface area (Å²) in [7, 11) is 0. The molecule has 0 fully saturated rings. The Bertz CT molecular complexity index is 406. The fourth-order valence-electron chi connectivity index (χ4n) is 0.998. The highest BCUT2D eigenvalue weighted by Gasteiger charge is 2.01. The van der Waals surface area contributed by atoms with Gasteiger partial charge in [0.25, 0.3) is 0 Å². The number of hydrogen-bond acceptors (Lipinski definition) is 3. The third-order valence-electron chi connectivity index (χ3n) is 1.60. The van der Waals surface area contributed by atoms with Crippen LogP contribution < -0.4 is 5.73 Å². The van der Waals surface area contributed by atoms with E-state index in [1.54, 1.807) is 30.6 Å². The number of aromatic nitrogens is 3. The Hall–Kier alpha value is -1.55. The number of nitrogen functional groups attached to an aromatic ring is 1. The zero-order valence-electron chi connectivity index (χ0n) is 6.68. The monoisotopic (exact) mass is 194 g/mol. The highest BCUT2D eigenvalue weighted by atomic mass is 35.5. The van der Waals surface area contributed by atoms with Crippen LogP contribution in [-0.2, 0) is 0 Å². The molecule has 2 aromatic heterocycles. The van der Waals surface area contributed by atoms with Gasteiger partial charge in [0, 0.05) is 12.3 Å². The lowest BCUT2D eigenvalue weighted by atomic mass is 10.4. The smallest absolute Gasteiger partial charge is 0.155 e. The molecule has 2 heterocycles. The van der Waals surface area contributed by atoms with Gasteiger partial charge in [0.05, 0.1) is 11.2 Å². The third-order valence-corrected chi connectivity index (χ3v) is 1.82. The number of nitrogens with two attached hydrogens (primary N) is 1. The van der Waals surface area contributed by atoms with Crippen molar-refractivity contribution >= 4 is 17.4 Å². The predicted octanol–water partition coefficient (Wildman–Crippen LogP) is 1.50. The number of halogens is 1. The number of anilines is 1. The van der Waals surface area contributed by atoms with Gasteiger partial charge >= 0.3 is 0 Å². The van der Waals surface area contributed by atoms with Gasteiger partial charge in [0.15, 0.2) is 5.82 Å². The summed E-state index contributed by atoms with van der Waals surface area (Å²) in [6.07, 6.45) is 3.17. The van der Waals surface area contributed by atoms with Crippen molar-refractivity contribution in [3.05, 3.63) is 35.6 Å². The van der Waals surface area contributed by atoms with E-state index in [0.717, 1.165) is 0 Å². The van der Waals surface area contributed by atoms with Crippen molar-refractivity contribution < 1.29 is 0 Å². The summed E-state index contributed by atoms with van der Waals surface area (Å²) in [5.74, 6) is 1.21. The van der Waals surface area contributed by atoms with Crippen LogP contribution in [0.25, 0.3) is 5.82 Å².